The zero-order valence-corrected chi connectivity index (χ0v) is 21.3. The smallest absolute Gasteiger partial charge is 0.330 e. The fourth-order valence-electron chi connectivity index (χ4n) is 5.43. The summed E-state index contributed by atoms with van der Waals surface area (Å²) in [7, 11) is -2.72. The van der Waals surface area contributed by atoms with Gasteiger partial charge in [0.25, 0.3) is 5.56 Å². The molecule has 0 amide bonds. The zero-order valence-electron chi connectivity index (χ0n) is 20.3. The molecule has 35 heavy (non-hydrogen) atoms. The van der Waals surface area contributed by atoms with E-state index < -0.39 is 43.9 Å². The van der Waals surface area contributed by atoms with Crippen molar-refractivity contribution < 1.29 is 19.4 Å². The molecule has 8 nitrogen and oxygen atoms in total. The predicted molar refractivity (Wildman–Crippen MR) is 136 cm³/mol. The van der Waals surface area contributed by atoms with Gasteiger partial charge in [0.05, 0.1) is 19.3 Å². The van der Waals surface area contributed by atoms with Gasteiger partial charge in [-0.1, -0.05) is 75.4 Å². The van der Waals surface area contributed by atoms with Crippen molar-refractivity contribution in [2.45, 2.75) is 56.2 Å². The molecule has 3 N–H and O–H groups in total. The normalized spacial score (nSPS) is 28.2. The van der Waals surface area contributed by atoms with E-state index in [9.17, 15) is 19.8 Å². The third-order valence-electron chi connectivity index (χ3n) is 7.15. The van der Waals surface area contributed by atoms with Crippen LogP contribution in [-0.4, -0.2) is 53.5 Å². The second-order valence-electron chi connectivity index (χ2n) is 10.2. The number of hydrogen-bond donors (Lipinski definition) is 3. The van der Waals surface area contributed by atoms with E-state index in [2.05, 4.69) is 56.1 Å². The maximum Gasteiger partial charge on any atom is 0.330 e. The maximum absolute atomic E-state index is 12.3. The van der Waals surface area contributed by atoms with Crippen LogP contribution in [0.2, 0.25) is 10.6 Å². The van der Waals surface area contributed by atoms with Gasteiger partial charge >= 0.3 is 5.69 Å². The van der Waals surface area contributed by atoms with E-state index in [1.54, 1.807) is 0 Å². The lowest BCUT2D eigenvalue weighted by Crippen LogP contribution is -2.61. The van der Waals surface area contributed by atoms with E-state index in [1.807, 2.05) is 24.3 Å². The minimum absolute atomic E-state index is 0.156. The van der Waals surface area contributed by atoms with E-state index in [0.717, 1.165) is 11.0 Å². The van der Waals surface area contributed by atoms with Crippen molar-refractivity contribution in [3.8, 4) is 0 Å². The van der Waals surface area contributed by atoms with Crippen LogP contribution in [0, 0.1) is 5.92 Å². The molecule has 0 radical (unpaired) electrons. The molecule has 4 rings (SSSR count). The Hall–Kier alpha value is -2.56. The van der Waals surface area contributed by atoms with Crippen molar-refractivity contribution in [2.24, 2.45) is 5.92 Å². The number of aromatic nitrogens is 2. The Labute approximate surface area is 205 Å². The highest BCUT2D eigenvalue weighted by molar-refractivity contribution is 6.90. The number of hydrogen-bond acceptors (Lipinski definition) is 6. The molecule has 1 aromatic heterocycles. The summed E-state index contributed by atoms with van der Waals surface area (Å²) < 4.78 is 14.2. The first-order chi connectivity index (χ1) is 16.7. The molecule has 1 aliphatic heterocycles. The van der Waals surface area contributed by atoms with Crippen molar-refractivity contribution >= 4 is 13.5 Å². The van der Waals surface area contributed by atoms with Crippen LogP contribution < -0.4 is 16.4 Å². The fourth-order valence-corrected chi connectivity index (χ4v) is 10.6. The SMILES string of the molecule is CC(C)(C)[Si](OC[C@H]1O[C@@H](n2ccc(=O)[nH]c2=O)[C@H](O)[C@@H]1CO)(c1ccccc1)C1C=CC=CC1. The molecule has 1 fully saturated rings. The molecule has 0 bridgehead atoms. The van der Waals surface area contributed by atoms with Crippen LogP contribution in [0.15, 0.2) is 76.5 Å². The Morgan fingerprint density at radius 2 is 1.91 bits per heavy atom. The van der Waals surface area contributed by atoms with E-state index in [1.165, 1.54) is 17.4 Å². The molecule has 2 aliphatic rings. The van der Waals surface area contributed by atoms with Gasteiger partial charge in [0.1, 0.15) is 6.10 Å². The van der Waals surface area contributed by atoms with Crippen molar-refractivity contribution in [1.82, 2.24) is 9.55 Å². The number of rotatable bonds is 7. The average molecular weight is 499 g/mol. The molecular formula is C26H34N2O6Si. The van der Waals surface area contributed by atoms with E-state index in [4.69, 9.17) is 9.16 Å². The fraction of sp³-hybridized carbons (Fsp3) is 0.462. The third kappa shape index (κ3) is 4.79. The van der Waals surface area contributed by atoms with Crippen LogP contribution in [0.4, 0.5) is 0 Å². The molecule has 2 aromatic rings. The average Bonchev–Trinajstić information content (AvgIpc) is 3.15. The summed E-state index contributed by atoms with van der Waals surface area (Å²) >= 11 is 0. The largest absolute Gasteiger partial charge is 0.409 e. The van der Waals surface area contributed by atoms with Crippen molar-refractivity contribution in [2.75, 3.05) is 13.2 Å². The number of ether oxygens (including phenoxy) is 1. The molecule has 2 unspecified atom stereocenters. The molecule has 0 saturated carbocycles. The Balaban J connectivity index is 1.67. The van der Waals surface area contributed by atoms with Crippen molar-refractivity contribution in [1.29, 1.82) is 0 Å². The van der Waals surface area contributed by atoms with Crippen LogP contribution in [-0.2, 0) is 9.16 Å². The summed E-state index contributed by atoms with van der Waals surface area (Å²) in [5.41, 5.74) is -1.02. The van der Waals surface area contributed by atoms with Crippen LogP contribution in [0.5, 0.6) is 0 Å². The molecule has 1 aliphatic carbocycles. The summed E-state index contributed by atoms with van der Waals surface area (Å²) in [6.45, 7) is 6.44. The van der Waals surface area contributed by atoms with E-state index >= 15 is 0 Å². The Morgan fingerprint density at radius 1 is 1.17 bits per heavy atom. The summed E-state index contributed by atoms with van der Waals surface area (Å²) in [5, 5.41) is 22.0. The first-order valence-electron chi connectivity index (χ1n) is 12.0. The lowest BCUT2D eigenvalue weighted by atomic mass is 9.99. The monoisotopic (exact) mass is 498 g/mol. The van der Waals surface area contributed by atoms with Crippen LogP contribution in [0.3, 0.4) is 0 Å². The standard InChI is InChI=1S/C26H34N2O6Si/c1-26(2,3)35(18-10-6-4-7-11-18,19-12-8-5-9-13-19)33-17-21-20(16-29)23(31)24(34-21)28-15-14-22(30)27-25(28)32/h4-12,14-15,19-21,23-24,29,31H,13,16-17H2,1-3H3,(H,27,30,32)/t19?,20-,21-,23-,24-,35?/m1/s1. The van der Waals surface area contributed by atoms with Gasteiger partial charge in [-0.2, -0.15) is 0 Å². The summed E-state index contributed by atoms with van der Waals surface area (Å²) in [6, 6.07) is 11.5. The summed E-state index contributed by atoms with van der Waals surface area (Å²) in [6.07, 6.45) is 7.84. The van der Waals surface area contributed by atoms with E-state index in [-0.39, 0.29) is 23.8 Å². The second-order valence-corrected chi connectivity index (χ2v) is 14.8. The van der Waals surface area contributed by atoms with Gasteiger partial charge in [0.15, 0.2) is 6.23 Å². The molecule has 188 valence electrons. The van der Waals surface area contributed by atoms with E-state index in [0.29, 0.717) is 0 Å². The molecule has 2 heterocycles. The lowest BCUT2D eigenvalue weighted by Gasteiger charge is -2.47. The number of nitrogens with zero attached hydrogens (tertiary/aromatic N) is 1. The summed E-state index contributed by atoms with van der Waals surface area (Å²) in [5.74, 6) is -0.650. The molecule has 9 heteroatoms. The Morgan fingerprint density at radius 3 is 2.51 bits per heavy atom. The first-order valence-corrected chi connectivity index (χ1v) is 14.0. The topological polar surface area (TPSA) is 114 Å². The van der Waals surface area contributed by atoms with Crippen molar-refractivity contribution in [3.05, 3.63) is 87.7 Å². The second kappa shape index (κ2) is 10.2. The lowest BCUT2D eigenvalue weighted by molar-refractivity contribution is -0.0522. The van der Waals surface area contributed by atoms with Gasteiger partial charge in [-0.05, 0) is 16.6 Å². The minimum atomic E-state index is -2.72. The number of aliphatic hydroxyl groups excluding tert-OH is 2. The molecule has 1 saturated heterocycles. The predicted octanol–water partition coefficient (Wildman–Crippen LogP) is 1.96. The van der Waals surface area contributed by atoms with Gasteiger partial charge in [-0.25, -0.2) is 4.79 Å². The highest BCUT2D eigenvalue weighted by Gasteiger charge is 2.54. The molecule has 0 spiro atoms. The highest BCUT2D eigenvalue weighted by atomic mass is 28.4. The quantitative estimate of drug-likeness (QED) is 0.503. The number of allylic oxidation sites excluding steroid dienone is 4. The van der Waals surface area contributed by atoms with Crippen LogP contribution >= 0.6 is 0 Å². The Bertz CT molecular complexity index is 1180. The molecule has 6 atom stereocenters. The summed E-state index contributed by atoms with van der Waals surface area (Å²) in [4.78, 5) is 26.0. The first kappa shape index (κ1) is 25.5. The van der Waals surface area contributed by atoms with Gasteiger partial charge in [-0.15, -0.1) is 0 Å². The minimum Gasteiger partial charge on any atom is -0.409 e. The van der Waals surface area contributed by atoms with Gasteiger partial charge in [-0.3, -0.25) is 14.3 Å². The van der Waals surface area contributed by atoms with Crippen LogP contribution in [0.1, 0.15) is 33.4 Å². The number of aromatic amines is 1. The van der Waals surface area contributed by atoms with Gasteiger partial charge in [0, 0.05) is 23.7 Å². The Kier molecular flexibility index (Phi) is 7.44. The number of nitrogens with one attached hydrogen (secondary N) is 1. The molecule has 1 aromatic carbocycles. The molecular weight excluding hydrogens is 464 g/mol. The highest BCUT2D eigenvalue weighted by Crippen LogP contribution is 2.47. The van der Waals surface area contributed by atoms with Gasteiger partial charge < -0.3 is 19.4 Å². The van der Waals surface area contributed by atoms with Crippen LogP contribution in [0.25, 0.3) is 0 Å². The number of H-pyrrole nitrogens is 1. The number of aliphatic hydroxyl groups is 2. The number of benzene rings is 1. The third-order valence-corrected chi connectivity index (χ3v) is 12.7. The van der Waals surface area contributed by atoms with Gasteiger partial charge in [0.2, 0.25) is 8.32 Å². The zero-order chi connectivity index (χ0) is 25.2. The maximum atomic E-state index is 12.3. The van der Waals surface area contributed by atoms with Crippen molar-refractivity contribution in [3.63, 3.8) is 0 Å².